The molecule has 1 rings (SSSR count). The number of sulfonamides is 1. The second kappa shape index (κ2) is 4.49. The van der Waals surface area contributed by atoms with Gasteiger partial charge in [-0.25, -0.2) is 8.42 Å². The Morgan fingerprint density at radius 2 is 2.13 bits per heavy atom. The van der Waals surface area contributed by atoms with Crippen LogP contribution in [-0.4, -0.2) is 43.5 Å². The first-order valence-corrected chi connectivity index (χ1v) is 6.78. The van der Waals surface area contributed by atoms with E-state index in [1.807, 2.05) is 13.8 Å². The van der Waals surface area contributed by atoms with Gasteiger partial charge in [0.05, 0.1) is 5.75 Å². The van der Waals surface area contributed by atoms with Gasteiger partial charge in [0.2, 0.25) is 15.9 Å². The number of hydrogen-bond acceptors (Lipinski definition) is 3. The Morgan fingerprint density at radius 3 is 2.60 bits per heavy atom. The molecule has 1 N–H and O–H groups in total. The summed E-state index contributed by atoms with van der Waals surface area (Å²) >= 11 is 0. The van der Waals surface area contributed by atoms with Crippen LogP contribution >= 0.6 is 0 Å². The average molecular weight is 234 g/mol. The van der Waals surface area contributed by atoms with E-state index in [2.05, 4.69) is 5.32 Å². The van der Waals surface area contributed by atoms with E-state index in [9.17, 15) is 13.2 Å². The van der Waals surface area contributed by atoms with Crippen molar-refractivity contribution in [1.29, 1.82) is 0 Å². The number of hydrogen-bond donors (Lipinski definition) is 1. The molecule has 1 aliphatic rings. The highest BCUT2D eigenvalue weighted by Crippen LogP contribution is 2.18. The number of carbonyl (C=O) groups excluding carboxylic acids is 1. The molecule has 0 aliphatic carbocycles. The van der Waals surface area contributed by atoms with Crippen molar-refractivity contribution in [1.82, 2.24) is 9.62 Å². The predicted molar refractivity (Wildman–Crippen MR) is 57.8 cm³/mol. The number of nitrogens with zero attached hydrogens (tertiary/aromatic N) is 1. The first-order valence-electron chi connectivity index (χ1n) is 5.17. The van der Waals surface area contributed by atoms with E-state index in [0.29, 0.717) is 13.1 Å². The largest absolute Gasteiger partial charge is 0.353 e. The fraction of sp³-hybridized carbons (Fsp3) is 0.889. The van der Waals surface area contributed by atoms with Crippen LogP contribution in [-0.2, 0) is 14.8 Å². The zero-order valence-electron chi connectivity index (χ0n) is 9.36. The van der Waals surface area contributed by atoms with Gasteiger partial charge in [0.1, 0.15) is 6.04 Å². The summed E-state index contributed by atoms with van der Waals surface area (Å²) in [6.45, 7) is 6.09. The average Bonchev–Trinajstić information content (AvgIpc) is 2.16. The summed E-state index contributed by atoms with van der Waals surface area (Å²) in [5.41, 5.74) is 0. The molecule has 1 atom stereocenters. The smallest absolute Gasteiger partial charge is 0.238 e. The molecule has 1 aliphatic heterocycles. The molecule has 0 aromatic carbocycles. The third-order valence-corrected chi connectivity index (χ3v) is 4.42. The first kappa shape index (κ1) is 12.4. The van der Waals surface area contributed by atoms with E-state index in [1.54, 1.807) is 6.92 Å². The van der Waals surface area contributed by atoms with Gasteiger partial charge < -0.3 is 5.32 Å². The van der Waals surface area contributed by atoms with Crippen LogP contribution in [0.4, 0.5) is 0 Å². The number of rotatable bonds is 3. The van der Waals surface area contributed by atoms with Gasteiger partial charge in [-0.2, -0.15) is 4.31 Å². The molecule has 1 saturated heterocycles. The van der Waals surface area contributed by atoms with Crippen molar-refractivity contribution in [2.75, 3.05) is 18.8 Å². The summed E-state index contributed by atoms with van der Waals surface area (Å²) < 4.78 is 24.9. The first-order chi connectivity index (χ1) is 6.90. The highest BCUT2D eigenvalue weighted by molar-refractivity contribution is 7.89. The van der Waals surface area contributed by atoms with Gasteiger partial charge in [0.15, 0.2) is 0 Å². The maximum absolute atomic E-state index is 11.8. The molecule has 1 heterocycles. The van der Waals surface area contributed by atoms with Crippen molar-refractivity contribution in [2.45, 2.75) is 26.8 Å². The molecule has 0 spiro atoms. The van der Waals surface area contributed by atoms with Crippen LogP contribution < -0.4 is 5.32 Å². The van der Waals surface area contributed by atoms with Crippen molar-refractivity contribution >= 4 is 15.9 Å². The van der Waals surface area contributed by atoms with Gasteiger partial charge in [-0.15, -0.1) is 0 Å². The topological polar surface area (TPSA) is 66.5 Å². The maximum atomic E-state index is 11.8. The predicted octanol–water partition coefficient (Wildman–Crippen LogP) is -0.207. The molecule has 5 nitrogen and oxygen atoms in total. The lowest BCUT2D eigenvalue weighted by Crippen LogP contribution is -2.59. The molecule has 0 saturated carbocycles. The third kappa shape index (κ3) is 2.49. The van der Waals surface area contributed by atoms with Gasteiger partial charge in [-0.05, 0) is 12.8 Å². The molecule has 0 bridgehead atoms. The Bertz CT molecular complexity index is 337. The Morgan fingerprint density at radius 1 is 1.53 bits per heavy atom. The monoisotopic (exact) mass is 234 g/mol. The van der Waals surface area contributed by atoms with Crippen LogP contribution in [0.25, 0.3) is 0 Å². The minimum atomic E-state index is -3.28. The standard InChI is InChI=1S/C9H18N2O3S/c1-4-15(13,14)11-6-5-10-9(12)8(11)7(2)3/h7-8H,4-6H2,1-3H3,(H,10,12). The summed E-state index contributed by atoms with van der Waals surface area (Å²) in [6.07, 6.45) is 0. The van der Waals surface area contributed by atoms with Gasteiger partial charge in [-0.3, -0.25) is 4.79 Å². The van der Waals surface area contributed by atoms with Crippen molar-refractivity contribution in [3.63, 3.8) is 0 Å². The van der Waals surface area contributed by atoms with Gasteiger partial charge in [-0.1, -0.05) is 13.8 Å². The summed E-state index contributed by atoms with van der Waals surface area (Å²) in [6, 6.07) is -0.552. The number of nitrogens with one attached hydrogen (secondary N) is 1. The zero-order chi connectivity index (χ0) is 11.6. The van der Waals surface area contributed by atoms with Gasteiger partial charge >= 0.3 is 0 Å². The van der Waals surface area contributed by atoms with Crippen LogP contribution in [0.2, 0.25) is 0 Å². The highest BCUT2D eigenvalue weighted by Gasteiger charge is 2.38. The van der Waals surface area contributed by atoms with Gasteiger partial charge in [0.25, 0.3) is 0 Å². The highest BCUT2D eigenvalue weighted by atomic mass is 32.2. The number of carbonyl (C=O) groups is 1. The molecule has 1 unspecified atom stereocenters. The summed E-state index contributed by atoms with van der Waals surface area (Å²) in [7, 11) is -3.28. The summed E-state index contributed by atoms with van der Waals surface area (Å²) in [4.78, 5) is 11.6. The Labute approximate surface area is 90.9 Å². The van der Waals surface area contributed by atoms with E-state index in [0.717, 1.165) is 0 Å². The molecule has 0 aromatic rings. The van der Waals surface area contributed by atoms with E-state index >= 15 is 0 Å². The van der Waals surface area contributed by atoms with Crippen molar-refractivity contribution in [2.24, 2.45) is 5.92 Å². The summed E-state index contributed by atoms with van der Waals surface area (Å²) in [5.74, 6) is -0.149. The molecular formula is C9H18N2O3S. The Hall–Kier alpha value is -0.620. The molecule has 15 heavy (non-hydrogen) atoms. The molecule has 0 radical (unpaired) electrons. The van der Waals surface area contributed by atoms with Crippen LogP contribution in [0.15, 0.2) is 0 Å². The zero-order valence-corrected chi connectivity index (χ0v) is 10.2. The van der Waals surface area contributed by atoms with E-state index in [-0.39, 0.29) is 17.6 Å². The molecule has 6 heteroatoms. The van der Waals surface area contributed by atoms with Gasteiger partial charge in [0, 0.05) is 13.1 Å². The molecule has 1 fully saturated rings. The third-order valence-electron chi connectivity index (χ3n) is 2.56. The van der Waals surface area contributed by atoms with Crippen LogP contribution in [0.3, 0.4) is 0 Å². The minimum absolute atomic E-state index is 0.00775. The molecular weight excluding hydrogens is 216 g/mol. The SMILES string of the molecule is CCS(=O)(=O)N1CCNC(=O)C1C(C)C. The lowest BCUT2D eigenvalue weighted by atomic mass is 10.0. The van der Waals surface area contributed by atoms with Crippen LogP contribution in [0.5, 0.6) is 0 Å². The number of piperazine rings is 1. The lowest BCUT2D eigenvalue weighted by Gasteiger charge is -2.35. The minimum Gasteiger partial charge on any atom is -0.353 e. The fourth-order valence-electron chi connectivity index (χ4n) is 1.78. The van der Waals surface area contributed by atoms with E-state index in [1.165, 1.54) is 4.31 Å². The number of amides is 1. The Kier molecular flexibility index (Phi) is 3.72. The maximum Gasteiger partial charge on any atom is 0.238 e. The van der Waals surface area contributed by atoms with Crippen LogP contribution in [0.1, 0.15) is 20.8 Å². The second-order valence-electron chi connectivity index (χ2n) is 3.99. The summed E-state index contributed by atoms with van der Waals surface area (Å²) in [5, 5.41) is 2.69. The van der Waals surface area contributed by atoms with Crippen molar-refractivity contribution in [3.05, 3.63) is 0 Å². The molecule has 0 aromatic heterocycles. The fourth-order valence-corrected chi connectivity index (χ4v) is 3.16. The molecule has 1 amide bonds. The normalized spacial score (nSPS) is 24.3. The molecule has 88 valence electrons. The Balaban J connectivity index is 2.99. The van der Waals surface area contributed by atoms with Crippen LogP contribution in [0, 0.1) is 5.92 Å². The quantitative estimate of drug-likeness (QED) is 0.735. The van der Waals surface area contributed by atoms with E-state index < -0.39 is 16.1 Å². The lowest BCUT2D eigenvalue weighted by molar-refractivity contribution is -0.128. The van der Waals surface area contributed by atoms with E-state index in [4.69, 9.17) is 0 Å². The van der Waals surface area contributed by atoms with Crippen molar-refractivity contribution < 1.29 is 13.2 Å². The van der Waals surface area contributed by atoms with Crippen molar-refractivity contribution in [3.8, 4) is 0 Å². The second-order valence-corrected chi connectivity index (χ2v) is 6.20.